The van der Waals surface area contributed by atoms with Crippen molar-refractivity contribution in [3.63, 3.8) is 0 Å². The molecule has 0 aromatic carbocycles. The van der Waals surface area contributed by atoms with Gasteiger partial charge in [0.25, 0.3) is 0 Å². The Hall–Kier alpha value is -1.74. The Morgan fingerprint density at radius 1 is 1.67 bits per heavy atom. The highest BCUT2D eigenvalue weighted by Crippen LogP contribution is 1.96. The fourth-order valence-corrected chi connectivity index (χ4v) is 0.904. The second-order valence-electron chi connectivity index (χ2n) is 2.23. The van der Waals surface area contributed by atoms with Gasteiger partial charge in [-0.2, -0.15) is 5.26 Å². The zero-order valence-corrected chi connectivity index (χ0v) is 6.91. The summed E-state index contributed by atoms with van der Waals surface area (Å²) in [5.41, 5.74) is 0. The summed E-state index contributed by atoms with van der Waals surface area (Å²) in [6, 6.07) is 2.01. The first-order valence-electron chi connectivity index (χ1n) is 3.69. The molecule has 0 bridgehead atoms. The molecule has 0 saturated carbocycles. The summed E-state index contributed by atoms with van der Waals surface area (Å²) in [6.45, 7) is 2.54. The lowest BCUT2D eigenvalue weighted by molar-refractivity contribution is 0.707. The zero-order valence-electron chi connectivity index (χ0n) is 6.91. The number of nitrogens with zero attached hydrogens (tertiary/aromatic N) is 3. The minimum absolute atomic E-state index is 0.452. The molecule has 0 radical (unpaired) electrons. The lowest BCUT2D eigenvalue weighted by Gasteiger charge is -1.97. The monoisotopic (exact) mass is 159 g/mol. The molecule has 0 N–H and O–H groups in total. The van der Waals surface area contributed by atoms with E-state index in [-0.39, 0.29) is 0 Å². The third-order valence-corrected chi connectivity index (χ3v) is 1.47. The summed E-state index contributed by atoms with van der Waals surface area (Å²) in [5, 5.41) is 8.59. The highest BCUT2D eigenvalue weighted by molar-refractivity contribution is 5.11. The van der Waals surface area contributed by atoms with Gasteiger partial charge in [-0.05, 0) is 6.92 Å². The first-order valence-corrected chi connectivity index (χ1v) is 3.69. The van der Waals surface area contributed by atoms with Gasteiger partial charge in [0.05, 0.1) is 0 Å². The molecule has 0 aliphatic carbocycles. The second kappa shape index (κ2) is 4.20. The molecular formula is C9H9N3. The molecule has 3 heteroatoms. The molecule has 12 heavy (non-hydrogen) atoms. The molecule has 1 rings (SSSR count). The summed E-state index contributed by atoms with van der Waals surface area (Å²) < 4.78 is 1.80. The Morgan fingerprint density at radius 2 is 2.50 bits per heavy atom. The predicted octanol–water partition coefficient (Wildman–Crippen LogP) is 1.17. The van der Waals surface area contributed by atoms with Crippen molar-refractivity contribution in [3.05, 3.63) is 18.2 Å². The van der Waals surface area contributed by atoms with Crippen molar-refractivity contribution in [3.8, 4) is 17.9 Å². The molecule has 0 aliphatic rings. The van der Waals surface area contributed by atoms with Crippen LogP contribution in [0.2, 0.25) is 0 Å². The van der Waals surface area contributed by atoms with Crippen LogP contribution in [-0.2, 0) is 6.54 Å². The van der Waals surface area contributed by atoms with Gasteiger partial charge in [0.2, 0.25) is 5.82 Å². The van der Waals surface area contributed by atoms with Gasteiger partial charge in [-0.3, -0.25) is 0 Å². The third-order valence-electron chi connectivity index (χ3n) is 1.47. The van der Waals surface area contributed by atoms with Crippen molar-refractivity contribution in [2.45, 2.75) is 19.9 Å². The lowest BCUT2D eigenvalue weighted by atomic mass is 10.4. The summed E-state index contributed by atoms with van der Waals surface area (Å²) in [7, 11) is 0. The van der Waals surface area contributed by atoms with Gasteiger partial charge in [0.1, 0.15) is 6.07 Å². The van der Waals surface area contributed by atoms with Crippen LogP contribution in [0, 0.1) is 23.2 Å². The van der Waals surface area contributed by atoms with Gasteiger partial charge in [0.15, 0.2) is 0 Å². The van der Waals surface area contributed by atoms with Gasteiger partial charge >= 0.3 is 0 Å². The Balaban J connectivity index is 2.61. The topological polar surface area (TPSA) is 41.6 Å². The van der Waals surface area contributed by atoms with Crippen molar-refractivity contribution in [2.24, 2.45) is 0 Å². The van der Waals surface area contributed by atoms with Gasteiger partial charge in [-0.25, -0.2) is 4.98 Å². The molecule has 1 aromatic heterocycles. The number of aryl methyl sites for hydroxylation is 1. The standard InChI is InChI=1S/C9H9N3/c1-2-3-4-6-12-7-5-11-9(12)8-10/h5,7H,4,6H2,1H3. The maximum absolute atomic E-state index is 8.59. The molecule has 0 fully saturated rings. The molecule has 0 aliphatic heterocycles. The Kier molecular flexibility index (Phi) is 2.93. The van der Waals surface area contributed by atoms with Crippen molar-refractivity contribution in [1.82, 2.24) is 9.55 Å². The zero-order chi connectivity index (χ0) is 8.81. The van der Waals surface area contributed by atoms with E-state index in [4.69, 9.17) is 5.26 Å². The molecule has 0 spiro atoms. The highest BCUT2D eigenvalue weighted by Gasteiger charge is 1.97. The van der Waals surface area contributed by atoms with Crippen molar-refractivity contribution in [1.29, 1.82) is 5.26 Å². The predicted molar refractivity (Wildman–Crippen MR) is 45.0 cm³/mol. The van der Waals surface area contributed by atoms with Crippen LogP contribution in [0.25, 0.3) is 0 Å². The van der Waals surface area contributed by atoms with Crippen molar-refractivity contribution < 1.29 is 0 Å². The van der Waals surface area contributed by atoms with E-state index in [9.17, 15) is 0 Å². The van der Waals surface area contributed by atoms with Crippen LogP contribution in [0.5, 0.6) is 0 Å². The number of aromatic nitrogens is 2. The van der Waals surface area contributed by atoms with E-state index in [0.717, 1.165) is 13.0 Å². The fourth-order valence-electron chi connectivity index (χ4n) is 0.904. The minimum Gasteiger partial charge on any atom is -0.322 e. The average molecular weight is 159 g/mol. The molecule has 1 aromatic rings. The highest BCUT2D eigenvalue weighted by atomic mass is 15.1. The molecule has 3 nitrogen and oxygen atoms in total. The Bertz CT molecular complexity index is 346. The molecule has 0 atom stereocenters. The van der Waals surface area contributed by atoms with E-state index >= 15 is 0 Å². The first kappa shape index (κ1) is 8.36. The SMILES string of the molecule is CC#CCCn1ccnc1C#N. The smallest absolute Gasteiger partial charge is 0.212 e. The van der Waals surface area contributed by atoms with Crippen molar-refractivity contribution >= 4 is 0 Å². The van der Waals surface area contributed by atoms with Crippen molar-refractivity contribution in [2.75, 3.05) is 0 Å². The molecule has 60 valence electrons. The van der Waals surface area contributed by atoms with Crippen LogP contribution < -0.4 is 0 Å². The number of nitriles is 1. The summed E-state index contributed by atoms with van der Waals surface area (Å²) in [5.74, 6) is 6.18. The van der Waals surface area contributed by atoms with Gasteiger partial charge in [-0.1, -0.05) is 0 Å². The average Bonchev–Trinajstić information content (AvgIpc) is 2.52. The number of imidazole rings is 1. The first-order chi connectivity index (χ1) is 5.88. The lowest BCUT2D eigenvalue weighted by Crippen LogP contribution is -1.98. The maximum Gasteiger partial charge on any atom is 0.212 e. The maximum atomic E-state index is 8.59. The third kappa shape index (κ3) is 1.87. The molecular weight excluding hydrogens is 150 g/mol. The van der Waals surface area contributed by atoms with E-state index in [1.165, 1.54) is 0 Å². The minimum atomic E-state index is 0.452. The van der Waals surface area contributed by atoms with E-state index in [0.29, 0.717) is 5.82 Å². The van der Waals surface area contributed by atoms with E-state index in [2.05, 4.69) is 16.8 Å². The number of hydrogen-bond acceptors (Lipinski definition) is 2. The largest absolute Gasteiger partial charge is 0.322 e. The van der Waals surface area contributed by atoms with Crippen LogP contribution in [0.1, 0.15) is 19.2 Å². The summed E-state index contributed by atoms with van der Waals surface area (Å²) >= 11 is 0. The molecule has 0 amide bonds. The summed E-state index contributed by atoms with van der Waals surface area (Å²) in [6.07, 6.45) is 4.18. The summed E-state index contributed by atoms with van der Waals surface area (Å²) in [4.78, 5) is 3.87. The van der Waals surface area contributed by atoms with E-state index < -0.39 is 0 Å². The molecule has 0 saturated heterocycles. The van der Waals surface area contributed by atoms with E-state index in [1.54, 1.807) is 23.9 Å². The van der Waals surface area contributed by atoms with Crippen LogP contribution in [0.3, 0.4) is 0 Å². The number of hydrogen-bond donors (Lipinski definition) is 0. The van der Waals surface area contributed by atoms with Gasteiger partial charge in [-0.15, -0.1) is 11.8 Å². The fraction of sp³-hybridized carbons (Fsp3) is 0.333. The second-order valence-corrected chi connectivity index (χ2v) is 2.23. The quantitative estimate of drug-likeness (QED) is 0.608. The number of rotatable bonds is 2. The van der Waals surface area contributed by atoms with Crippen LogP contribution in [-0.4, -0.2) is 9.55 Å². The molecule has 0 unspecified atom stereocenters. The van der Waals surface area contributed by atoms with Gasteiger partial charge < -0.3 is 4.57 Å². The normalized spacial score (nSPS) is 8.33. The van der Waals surface area contributed by atoms with E-state index in [1.807, 2.05) is 6.07 Å². The Labute approximate surface area is 71.7 Å². The van der Waals surface area contributed by atoms with Crippen LogP contribution in [0.4, 0.5) is 0 Å². The Morgan fingerprint density at radius 3 is 3.17 bits per heavy atom. The molecule has 1 heterocycles. The van der Waals surface area contributed by atoms with Gasteiger partial charge in [0, 0.05) is 25.4 Å². The van der Waals surface area contributed by atoms with Crippen LogP contribution >= 0.6 is 0 Å². The van der Waals surface area contributed by atoms with Crippen LogP contribution in [0.15, 0.2) is 12.4 Å².